The van der Waals surface area contributed by atoms with Crippen molar-refractivity contribution < 1.29 is 30.7 Å². The van der Waals surface area contributed by atoms with E-state index in [1.54, 1.807) is 0 Å². The fraction of sp³-hybridized carbons (Fsp3) is 0.250. The average Bonchev–Trinajstić information content (AvgIpc) is 1.89. The van der Waals surface area contributed by atoms with Crippen molar-refractivity contribution in [3.8, 4) is 0 Å². The topological polar surface area (TPSA) is 0 Å². The summed E-state index contributed by atoms with van der Waals surface area (Å²) in [6.07, 6.45) is 0. The summed E-state index contributed by atoms with van der Waals surface area (Å²) in [7, 11) is 0. The van der Waals surface area contributed by atoms with Gasteiger partial charge in [0, 0.05) is 0 Å². The first-order valence-corrected chi connectivity index (χ1v) is 5.28. The van der Waals surface area contributed by atoms with Crippen LogP contribution >= 0.6 is 0 Å². The monoisotopic (exact) mass is 204 g/mol. The van der Waals surface area contributed by atoms with Crippen molar-refractivity contribution in [1.29, 1.82) is 0 Å². The molecule has 0 radical (unpaired) electrons. The van der Waals surface area contributed by atoms with Crippen LogP contribution in [-0.4, -0.2) is 0 Å². The number of benzene rings is 1. The van der Waals surface area contributed by atoms with Crippen molar-refractivity contribution in [2.24, 2.45) is 0 Å². The van der Waals surface area contributed by atoms with Crippen molar-refractivity contribution in [1.82, 2.24) is 0 Å². The van der Waals surface area contributed by atoms with Gasteiger partial charge in [0.2, 0.25) is 0 Å². The molecule has 0 bridgehead atoms. The van der Waals surface area contributed by atoms with Gasteiger partial charge in [-0.2, -0.15) is 0 Å². The van der Waals surface area contributed by atoms with Gasteiger partial charge >= 0.3 is 65.6 Å². The van der Waals surface area contributed by atoms with Gasteiger partial charge < -0.3 is 12.4 Å². The smallest absolute Gasteiger partial charge is 1.00 e. The molecular weight excluding hydrogens is 197 g/mol. The number of aryl methyl sites for hydroxylation is 1. The predicted molar refractivity (Wildman–Crippen MR) is 34.9 cm³/mol. The summed E-state index contributed by atoms with van der Waals surface area (Å²) in [5, 5.41) is 1.27. The second-order valence-electron chi connectivity index (χ2n) is 2.18. The van der Waals surface area contributed by atoms with Crippen molar-refractivity contribution in [3.63, 3.8) is 0 Å². The molecule has 0 aliphatic carbocycles. The van der Waals surface area contributed by atoms with Crippen molar-refractivity contribution >= 4 is 0 Å². The Kier molecular flexibility index (Phi) is 4.94. The standard InChI is InChI=1S/C8H9.ClH.Zn/c1-7-5-3-4-6-8(7)2;;/h3-6H,1H2,2H3;1H;/q;;+1/p-1. The van der Waals surface area contributed by atoms with Gasteiger partial charge in [-0.15, -0.1) is 0 Å². The number of halogens is 1. The predicted octanol–water partition coefficient (Wildman–Crippen LogP) is -0.954. The van der Waals surface area contributed by atoms with Gasteiger partial charge in [0.25, 0.3) is 0 Å². The van der Waals surface area contributed by atoms with Crippen molar-refractivity contribution in [3.05, 3.63) is 35.4 Å². The summed E-state index contributed by atoms with van der Waals surface area (Å²) in [6, 6.07) is 8.58. The van der Waals surface area contributed by atoms with Gasteiger partial charge in [0.05, 0.1) is 0 Å². The normalized spacial score (nSPS) is 8.70. The summed E-state index contributed by atoms with van der Waals surface area (Å²) in [4.78, 5) is 0. The van der Waals surface area contributed by atoms with Crippen molar-refractivity contribution in [2.45, 2.75) is 11.9 Å². The Morgan fingerprint density at radius 2 is 1.90 bits per heavy atom. The van der Waals surface area contributed by atoms with Crippen LogP contribution < -0.4 is 12.4 Å². The van der Waals surface area contributed by atoms with Crippen LogP contribution in [0.15, 0.2) is 24.3 Å². The molecule has 0 aromatic heterocycles. The molecule has 0 aliphatic rings. The van der Waals surface area contributed by atoms with E-state index in [1.807, 2.05) is 0 Å². The third-order valence-electron chi connectivity index (χ3n) is 1.53. The maximum absolute atomic E-state index is 2.21. The van der Waals surface area contributed by atoms with E-state index in [-0.39, 0.29) is 12.4 Å². The van der Waals surface area contributed by atoms with Gasteiger partial charge in [0.15, 0.2) is 0 Å². The third kappa shape index (κ3) is 2.40. The maximum Gasteiger partial charge on any atom is -1.00 e. The van der Waals surface area contributed by atoms with Crippen LogP contribution in [-0.2, 0) is 23.3 Å². The fourth-order valence-corrected chi connectivity index (χ4v) is 2.07. The molecule has 0 amide bonds. The van der Waals surface area contributed by atoms with Crippen LogP contribution in [0.25, 0.3) is 0 Å². The Morgan fingerprint density at radius 1 is 1.30 bits per heavy atom. The first-order valence-electron chi connectivity index (χ1n) is 3.18. The van der Waals surface area contributed by atoms with Gasteiger partial charge in [-0.05, 0) is 0 Å². The first kappa shape index (κ1) is 10.1. The van der Waals surface area contributed by atoms with Gasteiger partial charge in [0.1, 0.15) is 0 Å². The van der Waals surface area contributed by atoms with E-state index in [4.69, 9.17) is 0 Å². The third-order valence-corrected chi connectivity index (χ3v) is 2.66. The summed E-state index contributed by atoms with van der Waals surface area (Å²) in [5.74, 6) is 0. The SMILES string of the molecule is Cc1ccccc1[CH2][Zn+].[Cl-]. The fourth-order valence-electron chi connectivity index (χ4n) is 0.891. The molecule has 50 valence electrons. The Bertz CT molecular complexity index is 198. The van der Waals surface area contributed by atoms with Crippen LogP contribution in [0.2, 0.25) is 0 Å². The zero-order chi connectivity index (χ0) is 6.69. The van der Waals surface area contributed by atoms with Gasteiger partial charge in [-0.25, -0.2) is 0 Å². The van der Waals surface area contributed by atoms with Crippen LogP contribution in [0.4, 0.5) is 0 Å². The second-order valence-corrected chi connectivity index (χ2v) is 3.23. The number of hydrogen-bond donors (Lipinski definition) is 0. The molecule has 0 fully saturated rings. The largest absolute Gasteiger partial charge is 1.00 e. The quantitative estimate of drug-likeness (QED) is 0.519. The summed E-state index contributed by atoms with van der Waals surface area (Å²) < 4.78 is 0. The molecule has 0 saturated carbocycles. The molecule has 0 nitrogen and oxygen atoms in total. The van der Waals surface area contributed by atoms with Gasteiger partial charge in [-0.3, -0.25) is 0 Å². The Morgan fingerprint density at radius 3 is 2.30 bits per heavy atom. The molecule has 2 heteroatoms. The Labute approximate surface area is 78.1 Å². The van der Waals surface area contributed by atoms with E-state index in [0.29, 0.717) is 0 Å². The average molecular weight is 206 g/mol. The first-order chi connectivity index (χ1) is 4.34. The van der Waals surface area contributed by atoms with E-state index >= 15 is 0 Å². The molecule has 0 heterocycles. The van der Waals surface area contributed by atoms with Crippen LogP contribution in [0.3, 0.4) is 0 Å². The van der Waals surface area contributed by atoms with E-state index in [0.717, 1.165) is 0 Å². The molecule has 1 aromatic carbocycles. The van der Waals surface area contributed by atoms with Crippen LogP contribution in [0, 0.1) is 6.92 Å². The van der Waals surface area contributed by atoms with E-state index in [2.05, 4.69) is 31.2 Å². The van der Waals surface area contributed by atoms with E-state index < -0.39 is 0 Å². The van der Waals surface area contributed by atoms with E-state index in [1.165, 1.54) is 34.4 Å². The van der Waals surface area contributed by atoms with E-state index in [9.17, 15) is 0 Å². The molecule has 1 rings (SSSR count). The molecular formula is C8H9ClZn. The number of hydrogen-bond acceptors (Lipinski definition) is 0. The Balaban J connectivity index is 0.000000810. The molecule has 10 heavy (non-hydrogen) atoms. The maximum atomic E-state index is 2.21. The van der Waals surface area contributed by atoms with Gasteiger partial charge in [-0.1, -0.05) is 0 Å². The zero-order valence-electron chi connectivity index (χ0n) is 6.10. The summed E-state index contributed by atoms with van der Waals surface area (Å²) in [5.41, 5.74) is 2.95. The molecule has 0 saturated heterocycles. The molecule has 0 atom stereocenters. The minimum absolute atomic E-state index is 0. The second kappa shape index (κ2) is 4.87. The number of rotatable bonds is 1. The minimum atomic E-state index is 0. The summed E-state index contributed by atoms with van der Waals surface area (Å²) in [6.45, 7) is 2.17. The van der Waals surface area contributed by atoms with Crippen LogP contribution in [0.1, 0.15) is 11.1 Å². The molecule has 0 unspecified atom stereocenters. The molecule has 0 N–H and O–H groups in total. The molecule has 0 spiro atoms. The zero-order valence-corrected chi connectivity index (χ0v) is 9.82. The Hall–Kier alpha value is 0.133. The molecule has 1 aromatic rings. The minimum Gasteiger partial charge on any atom is -1.00 e. The van der Waals surface area contributed by atoms with Crippen LogP contribution in [0.5, 0.6) is 0 Å². The van der Waals surface area contributed by atoms with Crippen molar-refractivity contribution in [2.75, 3.05) is 0 Å². The summed E-state index contributed by atoms with van der Waals surface area (Å²) >= 11 is 1.37. The molecule has 0 aliphatic heterocycles.